The normalized spacial score (nSPS) is 11.5. The number of phenolic OH excluding ortho intramolecular Hbond substituents is 1. The van der Waals surface area contributed by atoms with Gasteiger partial charge in [-0.1, -0.05) is 18.2 Å². The van der Waals surface area contributed by atoms with Crippen LogP contribution in [0, 0.1) is 27.7 Å². The number of rotatable bonds is 3. The molecule has 3 aromatic carbocycles. The number of hydrogen-bond donors (Lipinski definition) is 1. The van der Waals surface area contributed by atoms with E-state index in [1.54, 1.807) is 6.07 Å². The summed E-state index contributed by atoms with van der Waals surface area (Å²) in [5.74, 6) is 2.16. The number of pyridine rings is 2. The third-order valence-corrected chi connectivity index (χ3v) is 6.52. The van der Waals surface area contributed by atoms with Crippen LogP contribution in [0.25, 0.3) is 38.5 Å². The van der Waals surface area contributed by atoms with Crippen molar-refractivity contribution in [2.45, 2.75) is 27.7 Å². The second kappa shape index (κ2) is 7.84. The van der Waals surface area contributed by atoms with Crippen LogP contribution >= 0.6 is 0 Å². The molecule has 0 fully saturated rings. The van der Waals surface area contributed by atoms with Crippen LogP contribution in [-0.4, -0.2) is 19.6 Å². The highest BCUT2D eigenvalue weighted by Crippen LogP contribution is 2.38. The fourth-order valence-electron chi connectivity index (χ4n) is 4.98. The molecule has 0 unspecified atom stereocenters. The van der Waals surface area contributed by atoms with Gasteiger partial charge in [0.1, 0.15) is 22.8 Å². The molecule has 0 aliphatic carbocycles. The van der Waals surface area contributed by atoms with E-state index in [2.05, 4.69) is 58.7 Å². The summed E-state index contributed by atoms with van der Waals surface area (Å²) in [6, 6.07) is 22.2. The van der Waals surface area contributed by atoms with Gasteiger partial charge >= 0.3 is 0 Å². The molecule has 1 N–H and O–H groups in total. The van der Waals surface area contributed by atoms with E-state index < -0.39 is 0 Å². The average molecular weight is 460 g/mol. The summed E-state index contributed by atoms with van der Waals surface area (Å²) >= 11 is 0. The van der Waals surface area contributed by atoms with E-state index in [0.717, 1.165) is 44.5 Å². The topological polar surface area (TPSA) is 60.2 Å². The Morgan fingerprint density at radius 3 is 2.43 bits per heavy atom. The van der Waals surface area contributed by atoms with Crippen molar-refractivity contribution in [1.29, 1.82) is 0 Å². The third-order valence-electron chi connectivity index (χ3n) is 6.52. The van der Waals surface area contributed by atoms with Gasteiger partial charge in [0.05, 0.1) is 11.0 Å². The second-order valence-electron chi connectivity index (χ2n) is 9.24. The molecule has 3 heterocycles. The van der Waals surface area contributed by atoms with Crippen LogP contribution in [0.5, 0.6) is 17.4 Å². The fourth-order valence-corrected chi connectivity index (χ4v) is 4.98. The highest BCUT2D eigenvalue weighted by molar-refractivity contribution is 6.11. The number of phenols is 1. The Balaban J connectivity index is 1.56. The lowest BCUT2D eigenvalue weighted by atomic mass is 10.1. The number of ether oxygens (including phenoxy) is 1. The summed E-state index contributed by atoms with van der Waals surface area (Å²) < 4.78 is 8.48. The highest BCUT2D eigenvalue weighted by Gasteiger charge is 2.17. The number of hydrogen-bond acceptors (Lipinski definition) is 4. The van der Waals surface area contributed by atoms with Crippen molar-refractivity contribution < 1.29 is 9.84 Å². The number of nitrogens with zero attached hydrogens (tertiary/aromatic N) is 3. The molecule has 0 amide bonds. The van der Waals surface area contributed by atoms with Crippen LogP contribution < -0.4 is 4.74 Å². The molecule has 6 aromatic rings. The van der Waals surface area contributed by atoms with E-state index in [-0.39, 0.29) is 5.75 Å². The Labute approximate surface area is 203 Å². The van der Waals surface area contributed by atoms with Crippen molar-refractivity contribution in [3.8, 4) is 23.2 Å². The smallest absolute Gasteiger partial charge is 0.220 e. The Kier molecular flexibility index (Phi) is 4.74. The highest BCUT2D eigenvalue weighted by atomic mass is 16.5. The van der Waals surface area contributed by atoms with Gasteiger partial charge in [-0.2, -0.15) is 0 Å². The SMILES string of the molecule is Cc1ccnc(-n2c3ccccc3c3c(C)cc(Oc4cc(C)c5cc(C)cc(O)c5n4)cc32)c1. The van der Waals surface area contributed by atoms with E-state index in [0.29, 0.717) is 17.1 Å². The van der Waals surface area contributed by atoms with Gasteiger partial charge in [0, 0.05) is 34.5 Å². The van der Waals surface area contributed by atoms with Crippen molar-refractivity contribution in [1.82, 2.24) is 14.5 Å². The number of aromatic hydroxyl groups is 1. The third kappa shape index (κ3) is 3.48. The zero-order valence-corrected chi connectivity index (χ0v) is 20.1. The predicted octanol–water partition coefficient (Wildman–Crippen LogP) is 7.46. The molecule has 0 bridgehead atoms. The molecule has 172 valence electrons. The van der Waals surface area contributed by atoms with E-state index in [1.807, 2.05) is 50.4 Å². The molecule has 3 aromatic heterocycles. The lowest BCUT2D eigenvalue weighted by Gasteiger charge is -2.12. The molecule has 0 aliphatic rings. The molecular formula is C30H25N3O2. The van der Waals surface area contributed by atoms with Crippen LogP contribution in [0.15, 0.2) is 72.9 Å². The zero-order chi connectivity index (χ0) is 24.3. The first-order valence-corrected chi connectivity index (χ1v) is 11.6. The maximum absolute atomic E-state index is 10.5. The molecule has 0 radical (unpaired) electrons. The monoisotopic (exact) mass is 459 g/mol. The second-order valence-corrected chi connectivity index (χ2v) is 9.24. The summed E-state index contributed by atoms with van der Waals surface area (Å²) in [4.78, 5) is 9.30. The van der Waals surface area contributed by atoms with Gasteiger partial charge in [0.15, 0.2) is 0 Å². The van der Waals surface area contributed by atoms with E-state index >= 15 is 0 Å². The number of benzene rings is 3. The van der Waals surface area contributed by atoms with Crippen LogP contribution in [0.4, 0.5) is 0 Å². The van der Waals surface area contributed by atoms with Crippen LogP contribution in [0.3, 0.4) is 0 Å². The number of aromatic nitrogens is 3. The lowest BCUT2D eigenvalue weighted by Crippen LogP contribution is -1.98. The van der Waals surface area contributed by atoms with Gasteiger partial charge in [0.2, 0.25) is 5.88 Å². The van der Waals surface area contributed by atoms with Gasteiger partial charge in [-0.25, -0.2) is 9.97 Å². The maximum Gasteiger partial charge on any atom is 0.220 e. The maximum atomic E-state index is 10.5. The van der Waals surface area contributed by atoms with Crippen molar-refractivity contribution in [3.05, 3.63) is 95.2 Å². The summed E-state index contributed by atoms with van der Waals surface area (Å²) in [6.45, 7) is 8.14. The minimum absolute atomic E-state index is 0.158. The average Bonchev–Trinajstić information content (AvgIpc) is 3.14. The van der Waals surface area contributed by atoms with Crippen LogP contribution in [0.2, 0.25) is 0 Å². The number of fused-ring (bicyclic) bond motifs is 4. The van der Waals surface area contributed by atoms with Crippen molar-refractivity contribution in [2.75, 3.05) is 0 Å². The molecular weight excluding hydrogens is 434 g/mol. The van der Waals surface area contributed by atoms with Crippen molar-refractivity contribution in [2.24, 2.45) is 0 Å². The molecule has 0 saturated carbocycles. The molecule has 0 spiro atoms. The minimum atomic E-state index is 0.158. The predicted molar refractivity (Wildman–Crippen MR) is 141 cm³/mol. The summed E-state index contributed by atoms with van der Waals surface area (Å²) in [5.41, 5.74) is 6.91. The van der Waals surface area contributed by atoms with Gasteiger partial charge in [0.25, 0.3) is 0 Å². The molecule has 0 saturated heterocycles. The fraction of sp³-hybridized carbons (Fsp3) is 0.133. The number of para-hydroxylation sites is 1. The van der Waals surface area contributed by atoms with E-state index in [4.69, 9.17) is 4.74 Å². The lowest BCUT2D eigenvalue weighted by molar-refractivity contribution is 0.459. The van der Waals surface area contributed by atoms with Gasteiger partial charge in [-0.05, 0) is 86.3 Å². The number of aryl methyl sites for hydroxylation is 4. The molecule has 35 heavy (non-hydrogen) atoms. The summed E-state index contributed by atoms with van der Waals surface area (Å²) in [5, 5.41) is 13.8. The summed E-state index contributed by atoms with van der Waals surface area (Å²) in [7, 11) is 0. The molecule has 0 aliphatic heterocycles. The minimum Gasteiger partial charge on any atom is -0.506 e. The Bertz CT molecular complexity index is 1780. The van der Waals surface area contributed by atoms with Gasteiger partial charge in [-0.15, -0.1) is 0 Å². The van der Waals surface area contributed by atoms with Crippen LogP contribution in [0.1, 0.15) is 22.3 Å². The Hall–Kier alpha value is -4.38. The standard InChI is InChI=1S/C30H25N3O2/c1-17-9-10-31-27(13-17)33-24-8-6-5-7-22(24)29-20(4)14-21(16-25(29)33)35-28-15-19(3)23-11-18(2)12-26(34)30(23)32-28/h5-16,34H,1-4H3. The Morgan fingerprint density at radius 1 is 0.771 bits per heavy atom. The van der Waals surface area contributed by atoms with E-state index in [9.17, 15) is 5.11 Å². The molecule has 5 nitrogen and oxygen atoms in total. The first-order valence-electron chi connectivity index (χ1n) is 11.6. The van der Waals surface area contributed by atoms with Gasteiger partial charge < -0.3 is 9.84 Å². The molecule has 0 atom stereocenters. The first-order chi connectivity index (χ1) is 16.9. The quantitative estimate of drug-likeness (QED) is 0.298. The summed E-state index contributed by atoms with van der Waals surface area (Å²) in [6.07, 6.45) is 1.84. The van der Waals surface area contributed by atoms with Crippen molar-refractivity contribution >= 4 is 32.7 Å². The Morgan fingerprint density at radius 2 is 1.60 bits per heavy atom. The van der Waals surface area contributed by atoms with E-state index in [1.165, 1.54) is 10.8 Å². The zero-order valence-electron chi connectivity index (χ0n) is 20.1. The van der Waals surface area contributed by atoms with Gasteiger partial charge in [-0.3, -0.25) is 4.57 Å². The van der Waals surface area contributed by atoms with Crippen molar-refractivity contribution in [3.63, 3.8) is 0 Å². The van der Waals surface area contributed by atoms with Crippen LogP contribution in [-0.2, 0) is 0 Å². The first kappa shape index (κ1) is 21.2. The molecule has 5 heteroatoms. The molecule has 6 rings (SSSR count). The largest absolute Gasteiger partial charge is 0.506 e.